The highest BCUT2D eigenvalue weighted by Gasteiger charge is 2.35. The van der Waals surface area contributed by atoms with Gasteiger partial charge in [0.15, 0.2) is 0 Å². The second kappa shape index (κ2) is 16.6. The molecule has 7 nitrogen and oxygen atoms in total. The molecule has 35 heavy (non-hydrogen) atoms. The summed E-state index contributed by atoms with van der Waals surface area (Å²) < 4.78 is 11.8. The molecule has 0 aromatic heterocycles. The first kappa shape index (κ1) is 29.1. The lowest BCUT2D eigenvalue weighted by molar-refractivity contribution is -0.147. The molecule has 1 unspecified atom stereocenters. The summed E-state index contributed by atoms with van der Waals surface area (Å²) in [6, 6.07) is 4.28. The monoisotopic (exact) mass is 552 g/mol. The van der Waals surface area contributed by atoms with Crippen LogP contribution in [-0.4, -0.2) is 55.0 Å². The summed E-state index contributed by atoms with van der Waals surface area (Å²) in [5.41, 5.74) is 0.437. The normalized spacial score (nSPS) is 15.6. The lowest BCUT2D eigenvalue weighted by Crippen LogP contribution is -2.57. The average Bonchev–Trinajstić information content (AvgIpc) is 2.85. The number of hydrogen-bond acceptors (Lipinski definition) is 5. The van der Waals surface area contributed by atoms with Gasteiger partial charge in [-0.3, -0.25) is 14.4 Å². The van der Waals surface area contributed by atoms with Crippen LogP contribution >= 0.6 is 15.9 Å². The standard InChI is InChI=1S/C27H41BrN2O5/c1-3-5-7-8-9-10-11-12-18-35-25(31)20-23-26(32)29-15-16-30(23)27(33)21-13-14-24(22(28)19-21)34-17-6-4-2/h13-14,19,23H,3-12,15-18,20H2,1-2H3,(H,29,32). The van der Waals surface area contributed by atoms with Crippen molar-refractivity contribution >= 4 is 33.7 Å². The Morgan fingerprint density at radius 1 is 1.00 bits per heavy atom. The fourth-order valence-corrected chi connectivity index (χ4v) is 4.54. The van der Waals surface area contributed by atoms with Gasteiger partial charge >= 0.3 is 5.97 Å². The number of nitrogens with one attached hydrogen (secondary N) is 1. The minimum Gasteiger partial charge on any atom is -0.492 e. The van der Waals surface area contributed by atoms with E-state index in [1.54, 1.807) is 18.2 Å². The molecule has 0 bridgehead atoms. The highest BCUT2D eigenvalue weighted by molar-refractivity contribution is 9.10. The van der Waals surface area contributed by atoms with E-state index in [-0.39, 0.29) is 18.2 Å². The largest absolute Gasteiger partial charge is 0.492 e. The Morgan fingerprint density at radius 2 is 1.69 bits per heavy atom. The fraction of sp³-hybridized carbons (Fsp3) is 0.667. The molecule has 8 heteroatoms. The third kappa shape index (κ3) is 10.2. The summed E-state index contributed by atoms with van der Waals surface area (Å²) in [5.74, 6) is -0.394. The Labute approximate surface area is 218 Å². The van der Waals surface area contributed by atoms with Crippen LogP contribution in [0.4, 0.5) is 0 Å². The van der Waals surface area contributed by atoms with E-state index in [1.165, 1.54) is 37.0 Å². The number of piperazine rings is 1. The van der Waals surface area contributed by atoms with Gasteiger partial charge in [0, 0.05) is 18.7 Å². The van der Waals surface area contributed by atoms with Crippen molar-refractivity contribution < 1.29 is 23.9 Å². The number of ether oxygens (including phenoxy) is 2. The summed E-state index contributed by atoms with van der Waals surface area (Å²) in [5, 5.41) is 2.76. The van der Waals surface area contributed by atoms with Crippen LogP contribution in [0.25, 0.3) is 0 Å². The predicted octanol–water partition coefficient (Wildman–Crippen LogP) is 5.64. The molecule has 1 aliphatic rings. The van der Waals surface area contributed by atoms with E-state index < -0.39 is 12.0 Å². The summed E-state index contributed by atoms with van der Waals surface area (Å²) >= 11 is 3.47. The van der Waals surface area contributed by atoms with Crippen LogP contribution in [0.2, 0.25) is 0 Å². The smallest absolute Gasteiger partial charge is 0.308 e. The van der Waals surface area contributed by atoms with Gasteiger partial charge in [0.05, 0.1) is 24.1 Å². The molecule has 0 spiro atoms. The molecule has 1 saturated heterocycles. The van der Waals surface area contributed by atoms with Crippen LogP contribution in [0.1, 0.15) is 94.8 Å². The SMILES string of the molecule is CCCCCCCCCCOC(=O)CC1C(=O)NCCN1C(=O)c1ccc(OCCCC)c(Br)c1. The van der Waals surface area contributed by atoms with Gasteiger partial charge in [-0.05, 0) is 47.0 Å². The minimum atomic E-state index is -0.874. The Bertz CT molecular complexity index is 817. The van der Waals surface area contributed by atoms with Crippen LogP contribution in [0.3, 0.4) is 0 Å². The molecule has 2 rings (SSSR count). The van der Waals surface area contributed by atoms with Crippen LogP contribution in [0.15, 0.2) is 22.7 Å². The van der Waals surface area contributed by atoms with Crippen molar-refractivity contribution in [3.05, 3.63) is 28.2 Å². The molecular formula is C27H41BrN2O5. The number of esters is 1. The van der Waals surface area contributed by atoms with Crippen molar-refractivity contribution in [2.45, 2.75) is 90.5 Å². The van der Waals surface area contributed by atoms with E-state index >= 15 is 0 Å². The lowest BCUT2D eigenvalue weighted by atomic mass is 10.1. The summed E-state index contributed by atoms with van der Waals surface area (Å²) in [4.78, 5) is 39.6. The van der Waals surface area contributed by atoms with E-state index in [2.05, 4.69) is 35.1 Å². The van der Waals surface area contributed by atoms with Crippen LogP contribution < -0.4 is 10.1 Å². The molecular weight excluding hydrogens is 512 g/mol. The Hall–Kier alpha value is -2.09. The molecule has 1 aromatic carbocycles. The Kier molecular flexibility index (Phi) is 13.8. The molecule has 0 aliphatic carbocycles. The molecule has 1 N–H and O–H groups in total. The van der Waals surface area contributed by atoms with E-state index in [4.69, 9.17) is 9.47 Å². The second-order valence-electron chi connectivity index (χ2n) is 9.05. The van der Waals surface area contributed by atoms with Crippen LogP contribution in [-0.2, 0) is 14.3 Å². The average molecular weight is 554 g/mol. The van der Waals surface area contributed by atoms with Crippen molar-refractivity contribution in [1.29, 1.82) is 0 Å². The topological polar surface area (TPSA) is 84.9 Å². The van der Waals surface area contributed by atoms with Gasteiger partial charge in [-0.2, -0.15) is 0 Å². The molecule has 0 radical (unpaired) electrons. The van der Waals surface area contributed by atoms with E-state index in [0.29, 0.717) is 42.1 Å². The van der Waals surface area contributed by atoms with E-state index in [1.807, 2.05) is 0 Å². The molecule has 1 aromatic rings. The van der Waals surface area contributed by atoms with Crippen molar-refractivity contribution in [3.8, 4) is 5.75 Å². The third-order valence-electron chi connectivity index (χ3n) is 6.15. The first-order valence-electron chi connectivity index (χ1n) is 13.1. The molecule has 1 heterocycles. The van der Waals surface area contributed by atoms with Gasteiger partial charge in [-0.15, -0.1) is 0 Å². The number of unbranched alkanes of at least 4 members (excludes halogenated alkanes) is 8. The number of rotatable bonds is 16. The summed E-state index contributed by atoms with van der Waals surface area (Å²) in [6.45, 7) is 5.96. The number of benzene rings is 1. The molecule has 1 atom stereocenters. The van der Waals surface area contributed by atoms with Crippen molar-refractivity contribution in [2.75, 3.05) is 26.3 Å². The first-order chi connectivity index (χ1) is 17.0. The molecule has 196 valence electrons. The Morgan fingerprint density at radius 3 is 2.37 bits per heavy atom. The maximum Gasteiger partial charge on any atom is 0.308 e. The zero-order valence-corrected chi connectivity index (χ0v) is 22.9. The Balaban J connectivity index is 1.85. The number of amides is 2. The maximum absolute atomic E-state index is 13.2. The zero-order chi connectivity index (χ0) is 25.5. The van der Waals surface area contributed by atoms with E-state index in [9.17, 15) is 14.4 Å². The second-order valence-corrected chi connectivity index (χ2v) is 9.91. The highest BCUT2D eigenvalue weighted by Crippen LogP contribution is 2.27. The molecule has 1 fully saturated rings. The van der Waals surface area contributed by atoms with E-state index in [0.717, 1.165) is 32.1 Å². The lowest BCUT2D eigenvalue weighted by Gasteiger charge is -2.34. The van der Waals surface area contributed by atoms with Crippen LogP contribution in [0, 0.1) is 0 Å². The number of carbonyl (C=O) groups excluding carboxylic acids is 3. The van der Waals surface area contributed by atoms with Gasteiger partial charge in [0.1, 0.15) is 11.8 Å². The number of hydrogen-bond donors (Lipinski definition) is 1. The van der Waals surface area contributed by atoms with Gasteiger partial charge in [0.25, 0.3) is 5.91 Å². The molecule has 2 amide bonds. The summed E-state index contributed by atoms with van der Waals surface area (Å²) in [7, 11) is 0. The summed E-state index contributed by atoms with van der Waals surface area (Å²) in [6.07, 6.45) is 11.1. The number of carbonyl (C=O) groups is 3. The van der Waals surface area contributed by atoms with Gasteiger partial charge in [0.2, 0.25) is 5.91 Å². The molecule has 1 aliphatic heterocycles. The van der Waals surface area contributed by atoms with Gasteiger partial charge in [-0.25, -0.2) is 0 Å². The van der Waals surface area contributed by atoms with Gasteiger partial charge in [-0.1, -0.05) is 65.2 Å². The first-order valence-corrected chi connectivity index (χ1v) is 13.9. The fourth-order valence-electron chi connectivity index (χ4n) is 4.04. The predicted molar refractivity (Wildman–Crippen MR) is 141 cm³/mol. The number of nitrogens with zero attached hydrogens (tertiary/aromatic N) is 1. The van der Waals surface area contributed by atoms with Crippen molar-refractivity contribution in [2.24, 2.45) is 0 Å². The third-order valence-corrected chi connectivity index (χ3v) is 6.77. The molecule has 0 saturated carbocycles. The van der Waals surface area contributed by atoms with Crippen molar-refractivity contribution in [1.82, 2.24) is 10.2 Å². The maximum atomic E-state index is 13.2. The zero-order valence-electron chi connectivity index (χ0n) is 21.3. The number of halogens is 1. The highest BCUT2D eigenvalue weighted by atomic mass is 79.9. The quantitative estimate of drug-likeness (QED) is 0.212. The minimum absolute atomic E-state index is 0.145. The van der Waals surface area contributed by atoms with Gasteiger partial charge < -0.3 is 19.7 Å². The van der Waals surface area contributed by atoms with Crippen molar-refractivity contribution in [3.63, 3.8) is 0 Å². The van der Waals surface area contributed by atoms with Crippen LogP contribution in [0.5, 0.6) is 5.75 Å².